The first kappa shape index (κ1) is 11.0. The van der Waals surface area contributed by atoms with Crippen molar-refractivity contribution in [1.82, 2.24) is 0 Å². The highest BCUT2D eigenvalue weighted by Gasteiger charge is 1.98. The van der Waals surface area contributed by atoms with Crippen LogP contribution < -0.4 is 5.73 Å². The van der Waals surface area contributed by atoms with E-state index in [0.29, 0.717) is 6.54 Å². The van der Waals surface area contributed by atoms with Gasteiger partial charge in [0, 0.05) is 6.54 Å². The van der Waals surface area contributed by atoms with Crippen LogP contribution in [-0.2, 0) is 12.8 Å². The smallest absolute Gasteiger partial charge is 0.0110 e. The maximum absolute atomic E-state index is 5.42. The predicted molar refractivity (Wildman–Crippen MR) is 63.3 cm³/mol. The molecule has 0 radical (unpaired) electrons. The Morgan fingerprint density at radius 3 is 2.43 bits per heavy atom. The van der Waals surface area contributed by atoms with Crippen LogP contribution in [0.25, 0.3) is 6.08 Å². The Kier molecular flexibility index (Phi) is 4.41. The van der Waals surface area contributed by atoms with Crippen LogP contribution in [0.2, 0.25) is 0 Å². The molecule has 76 valence electrons. The number of hydrogen-bond donors (Lipinski definition) is 1. The van der Waals surface area contributed by atoms with E-state index < -0.39 is 0 Å². The lowest BCUT2D eigenvalue weighted by atomic mass is 10.00. The highest BCUT2D eigenvalue weighted by molar-refractivity contribution is 5.52. The van der Waals surface area contributed by atoms with Crippen molar-refractivity contribution in [2.24, 2.45) is 5.73 Å². The van der Waals surface area contributed by atoms with Crippen molar-refractivity contribution in [2.45, 2.75) is 26.7 Å². The number of rotatable bonds is 4. The molecule has 0 saturated carbocycles. The van der Waals surface area contributed by atoms with Gasteiger partial charge in [0.05, 0.1) is 0 Å². The zero-order valence-electron chi connectivity index (χ0n) is 9.09. The van der Waals surface area contributed by atoms with Gasteiger partial charge in [0.15, 0.2) is 0 Å². The molecule has 0 saturated heterocycles. The molecule has 1 aromatic carbocycles. The van der Waals surface area contributed by atoms with Crippen LogP contribution in [0, 0.1) is 0 Å². The molecule has 0 fully saturated rings. The van der Waals surface area contributed by atoms with Gasteiger partial charge < -0.3 is 5.73 Å². The summed E-state index contributed by atoms with van der Waals surface area (Å²) in [5.41, 5.74) is 9.58. The average molecular weight is 189 g/mol. The first-order valence-corrected chi connectivity index (χ1v) is 5.30. The number of nitrogens with two attached hydrogens (primary N) is 1. The standard InChI is InChI=1S/C13H19N/c1-3-12-8-7-11(6-5-9-14)10-13(12)4-2/h5-8,10H,3-4,9,14H2,1-2H3/b6-5+. The van der Waals surface area contributed by atoms with Gasteiger partial charge in [0.1, 0.15) is 0 Å². The van der Waals surface area contributed by atoms with Crippen LogP contribution in [0.15, 0.2) is 24.3 Å². The molecular formula is C13H19N. The van der Waals surface area contributed by atoms with Gasteiger partial charge in [0.25, 0.3) is 0 Å². The van der Waals surface area contributed by atoms with E-state index in [1.54, 1.807) is 0 Å². The second kappa shape index (κ2) is 5.61. The fourth-order valence-corrected chi connectivity index (χ4v) is 1.63. The topological polar surface area (TPSA) is 26.0 Å². The SMILES string of the molecule is CCc1ccc(/C=C/CN)cc1CC. The third-order valence-corrected chi connectivity index (χ3v) is 2.44. The van der Waals surface area contributed by atoms with Gasteiger partial charge in [-0.05, 0) is 29.5 Å². The summed E-state index contributed by atoms with van der Waals surface area (Å²) < 4.78 is 0. The molecule has 0 atom stereocenters. The summed E-state index contributed by atoms with van der Waals surface area (Å²) in [7, 11) is 0. The summed E-state index contributed by atoms with van der Waals surface area (Å²) in [6.45, 7) is 5.01. The first-order valence-electron chi connectivity index (χ1n) is 5.30. The average Bonchev–Trinajstić information content (AvgIpc) is 2.25. The van der Waals surface area contributed by atoms with Gasteiger partial charge in [-0.2, -0.15) is 0 Å². The normalized spacial score (nSPS) is 11.1. The predicted octanol–water partition coefficient (Wildman–Crippen LogP) is 2.78. The largest absolute Gasteiger partial charge is 0.327 e. The van der Waals surface area contributed by atoms with Crippen LogP contribution in [0.4, 0.5) is 0 Å². The van der Waals surface area contributed by atoms with Gasteiger partial charge >= 0.3 is 0 Å². The number of hydrogen-bond acceptors (Lipinski definition) is 1. The molecule has 2 N–H and O–H groups in total. The Bertz CT molecular complexity index is 313. The molecule has 1 nitrogen and oxygen atoms in total. The van der Waals surface area contributed by atoms with Crippen molar-refractivity contribution >= 4 is 6.08 Å². The molecule has 0 aromatic heterocycles. The van der Waals surface area contributed by atoms with Gasteiger partial charge in [0.2, 0.25) is 0 Å². The molecule has 0 bridgehead atoms. The van der Waals surface area contributed by atoms with E-state index >= 15 is 0 Å². The fraction of sp³-hybridized carbons (Fsp3) is 0.385. The van der Waals surface area contributed by atoms with Crippen LogP contribution in [-0.4, -0.2) is 6.54 Å². The quantitative estimate of drug-likeness (QED) is 0.774. The Labute approximate surface area is 86.6 Å². The van der Waals surface area contributed by atoms with Crippen LogP contribution in [0.5, 0.6) is 0 Å². The fourth-order valence-electron chi connectivity index (χ4n) is 1.63. The Hall–Kier alpha value is -1.08. The minimum Gasteiger partial charge on any atom is -0.327 e. The van der Waals surface area contributed by atoms with E-state index in [4.69, 9.17) is 5.73 Å². The zero-order valence-corrected chi connectivity index (χ0v) is 9.09. The minimum atomic E-state index is 0.608. The van der Waals surface area contributed by atoms with Gasteiger partial charge in [-0.3, -0.25) is 0 Å². The highest BCUT2D eigenvalue weighted by Crippen LogP contribution is 2.14. The van der Waals surface area contributed by atoms with Crippen molar-refractivity contribution in [3.05, 3.63) is 41.0 Å². The molecule has 0 unspecified atom stereocenters. The molecule has 1 rings (SSSR count). The molecule has 1 heteroatoms. The maximum Gasteiger partial charge on any atom is 0.0110 e. The maximum atomic E-state index is 5.42. The van der Waals surface area contributed by atoms with Crippen molar-refractivity contribution in [2.75, 3.05) is 6.54 Å². The molecule has 0 aliphatic carbocycles. The molecule has 14 heavy (non-hydrogen) atoms. The zero-order chi connectivity index (χ0) is 10.4. The van der Waals surface area contributed by atoms with E-state index in [1.165, 1.54) is 16.7 Å². The molecule has 0 amide bonds. The van der Waals surface area contributed by atoms with Crippen molar-refractivity contribution in [1.29, 1.82) is 0 Å². The van der Waals surface area contributed by atoms with Crippen molar-refractivity contribution in [3.63, 3.8) is 0 Å². The van der Waals surface area contributed by atoms with E-state index in [2.05, 4.69) is 38.1 Å². The summed E-state index contributed by atoms with van der Waals surface area (Å²) in [6, 6.07) is 6.63. The monoisotopic (exact) mass is 189 g/mol. The van der Waals surface area contributed by atoms with Crippen LogP contribution in [0.1, 0.15) is 30.5 Å². The highest BCUT2D eigenvalue weighted by atomic mass is 14.5. The van der Waals surface area contributed by atoms with E-state index in [1.807, 2.05) is 6.08 Å². The summed E-state index contributed by atoms with van der Waals surface area (Å²) in [5.74, 6) is 0. The summed E-state index contributed by atoms with van der Waals surface area (Å²) in [5, 5.41) is 0. The molecule has 0 aliphatic rings. The van der Waals surface area contributed by atoms with E-state index in [0.717, 1.165) is 12.8 Å². The van der Waals surface area contributed by atoms with Gasteiger partial charge in [-0.25, -0.2) is 0 Å². The third kappa shape index (κ3) is 2.71. The summed E-state index contributed by atoms with van der Waals surface area (Å²) in [6.07, 6.45) is 6.29. The summed E-state index contributed by atoms with van der Waals surface area (Å²) >= 11 is 0. The first-order chi connectivity index (χ1) is 6.81. The Morgan fingerprint density at radius 2 is 1.86 bits per heavy atom. The molecular weight excluding hydrogens is 170 g/mol. The molecule has 0 spiro atoms. The van der Waals surface area contributed by atoms with E-state index in [9.17, 15) is 0 Å². The van der Waals surface area contributed by atoms with E-state index in [-0.39, 0.29) is 0 Å². The lowest BCUT2D eigenvalue weighted by Crippen LogP contribution is -1.93. The van der Waals surface area contributed by atoms with Crippen molar-refractivity contribution in [3.8, 4) is 0 Å². The van der Waals surface area contributed by atoms with Gasteiger partial charge in [-0.15, -0.1) is 0 Å². The second-order valence-corrected chi connectivity index (χ2v) is 3.37. The molecule has 0 heterocycles. The second-order valence-electron chi connectivity index (χ2n) is 3.37. The third-order valence-electron chi connectivity index (χ3n) is 2.44. The minimum absolute atomic E-state index is 0.608. The van der Waals surface area contributed by atoms with Crippen LogP contribution >= 0.6 is 0 Å². The summed E-state index contributed by atoms with van der Waals surface area (Å²) in [4.78, 5) is 0. The van der Waals surface area contributed by atoms with Crippen LogP contribution in [0.3, 0.4) is 0 Å². The molecule has 0 aliphatic heterocycles. The van der Waals surface area contributed by atoms with Gasteiger partial charge in [-0.1, -0.05) is 44.2 Å². The van der Waals surface area contributed by atoms with Crippen molar-refractivity contribution < 1.29 is 0 Å². The Balaban J connectivity index is 2.95. The lowest BCUT2D eigenvalue weighted by Gasteiger charge is -2.06. The number of benzene rings is 1. The Morgan fingerprint density at radius 1 is 1.14 bits per heavy atom. The number of aryl methyl sites for hydroxylation is 2. The molecule has 1 aromatic rings. The lowest BCUT2D eigenvalue weighted by molar-refractivity contribution is 1.04.